The number of nitrogens with one attached hydrogen (secondary N) is 1. The van der Waals surface area contributed by atoms with Gasteiger partial charge in [0.25, 0.3) is 0 Å². The molecule has 1 aliphatic carbocycles. The highest BCUT2D eigenvalue weighted by Gasteiger charge is 2.28. The van der Waals surface area contributed by atoms with E-state index in [-0.39, 0.29) is 17.9 Å². The van der Waals surface area contributed by atoms with Gasteiger partial charge in [0.15, 0.2) is 5.82 Å². The van der Waals surface area contributed by atoms with Crippen molar-refractivity contribution in [3.63, 3.8) is 0 Å². The van der Waals surface area contributed by atoms with Crippen LogP contribution in [0.15, 0.2) is 4.52 Å². The van der Waals surface area contributed by atoms with Gasteiger partial charge in [-0.05, 0) is 12.8 Å². The summed E-state index contributed by atoms with van der Waals surface area (Å²) in [6.07, 6.45) is 4.00. The molecule has 2 atom stereocenters. The second-order valence-electron chi connectivity index (χ2n) is 4.50. The van der Waals surface area contributed by atoms with Crippen LogP contribution in [0.1, 0.15) is 37.4 Å². The highest BCUT2D eigenvalue weighted by atomic mass is 16.5. The quantitative estimate of drug-likeness (QED) is 0.800. The molecule has 0 radical (unpaired) electrons. The zero-order chi connectivity index (χ0) is 12.3. The SMILES string of the molecule is Cc1nc(CNC(=O)C2CCCCC2N)no1. The van der Waals surface area contributed by atoms with Crippen molar-refractivity contribution in [3.8, 4) is 0 Å². The largest absolute Gasteiger partial charge is 0.348 e. The zero-order valence-electron chi connectivity index (χ0n) is 9.98. The van der Waals surface area contributed by atoms with Gasteiger partial charge in [0.1, 0.15) is 0 Å². The number of nitrogens with zero attached hydrogens (tertiary/aromatic N) is 2. The topological polar surface area (TPSA) is 94.0 Å². The fraction of sp³-hybridized carbons (Fsp3) is 0.727. The number of hydrogen-bond donors (Lipinski definition) is 2. The van der Waals surface area contributed by atoms with Crippen LogP contribution in [-0.4, -0.2) is 22.1 Å². The summed E-state index contributed by atoms with van der Waals surface area (Å²) < 4.78 is 4.83. The Morgan fingerprint density at radius 2 is 2.29 bits per heavy atom. The number of aryl methyl sites for hydroxylation is 1. The number of aromatic nitrogens is 2. The first-order valence-electron chi connectivity index (χ1n) is 5.99. The van der Waals surface area contributed by atoms with Crippen molar-refractivity contribution >= 4 is 5.91 Å². The first kappa shape index (κ1) is 12.0. The van der Waals surface area contributed by atoms with E-state index in [1.807, 2.05) is 0 Å². The molecular weight excluding hydrogens is 220 g/mol. The summed E-state index contributed by atoms with van der Waals surface area (Å²) in [7, 11) is 0. The van der Waals surface area contributed by atoms with Crippen molar-refractivity contribution in [1.29, 1.82) is 0 Å². The number of nitrogens with two attached hydrogens (primary N) is 1. The Kier molecular flexibility index (Phi) is 3.73. The zero-order valence-corrected chi connectivity index (χ0v) is 9.98. The van der Waals surface area contributed by atoms with Crippen LogP contribution in [0, 0.1) is 12.8 Å². The number of carbonyl (C=O) groups is 1. The van der Waals surface area contributed by atoms with Gasteiger partial charge in [0.05, 0.1) is 12.5 Å². The van der Waals surface area contributed by atoms with Crippen LogP contribution in [0.25, 0.3) is 0 Å². The minimum atomic E-state index is -0.0725. The van der Waals surface area contributed by atoms with E-state index in [1.54, 1.807) is 6.92 Å². The van der Waals surface area contributed by atoms with Crippen LogP contribution in [0.3, 0.4) is 0 Å². The van der Waals surface area contributed by atoms with Crippen molar-refractivity contribution in [2.75, 3.05) is 0 Å². The van der Waals surface area contributed by atoms with E-state index in [2.05, 4.69) is 15.5 Å². The maximum atomic E-state index is 11.9. The van der Waals surface area contributed by atoms with E-state index in [9.17, 15) is 4.79 Å². The molecule has 1 aromatic rings. The van der Waals surface area contributed by atoms with Gasteiger partial charge in [0.2, 0.25) is 11.8 Å². The Labute approximate surface area is 99.9 Å². The van der Waals surface area contributed by atoms with Gasteiger partial charge in [-0.1, -0.05) is 18.0 Å². The molecule has 17 heavy (non-hydrogen) atoms. The molecule has 94 valence electrons. The summed E-state index contributed by atoms with van der Waals surface area (Å²) in [5, 5.41) is 6.53. The molecule has 1 amide bonds. The third-order valence-electron chi connectivity index (χ3n) is 3.15. The third-order valence-corrected chi connectivity index (χ3v) is 3.15. The van der Waals surface area contributed by atoms with E-state index >= 15 is 0 Å². The molecule has 2 unspecified atom stereocenters. The molecule has 1 fully saturated rings. The predicted molar refractivity (Wildman–Crippen MR) is 60.8 cm³/mol. The van der Waals surface area contributed by atoms with Crippen LogP contribution in [0.2, 0.25) is 0 Å². The molecule has 0 aromatic carbocycles. The van der Waals surface area contributed by atoms with E-state index in [0.717, 1.165) is 25.7 Å². The van der Waals surface area contributed by atoms with Gasteiger partial charge >= 0.3 is 0 Å². The molecule has 1 heterocycles. The van der Waals surface area contributed by atoms with E-state index in [0.29, 0.717) is 18.3 Å². The summed E-state index contributed by atoms with van der Waals surface area (Å²) in [4.78, 5) is 15.9. The molecule has 6 heteroatoms. The molecule has 1 aliphatic rings. The standard InChI is InChI=1S/C11H18N4O2/c1-7-14-10(15-17-7)6-13-11(16)8-4-2-3-5-9(8)12/h8-9H,2-6,12H2,1H3,(H,13,16). The lowest BCUT2D eigenvalue weighted by molar-refractivity contribution is -0.126. The number of amides is 1. The molecule has 1 saturated carbocycles. The molecule has 0 bridgehead atoms. The van der Waals surface area contributed by atoms with Crippen molar-refractivity contribution in [2.45, 2.75) is 45.2 Å². The van der Waals surface area contributed by atoms with Crippen molar-refractivity contribution in [2.24, 2.45) is 11.7 Å². The average Bonchev–Trinajstić information content (AvgIpc) is 2.73. The van der Waals surface area contributed by atoms with Crippen LogP contribution < -0.4 is 11.1 Å². The highest BCUT2D eigenvalue weighted by Crippen LogP contribution is 2.22. The molecule has 1 aromatic heterocycles. The summed E-state index contributed by atoms with van der Waals surface area (Å²) in [6.45, 7) is 2.02. The Bertz CT molecular complexity index is 391. The second kappa shape index (κ2) is 5.27. The lowest BCUT2D eigenvalue weighted by Crippen LogP contribution is -2.43. The summed E-state index contributed by atoms with van der Waals surface area (Å²) in [5.74, 6) is 0.931. The third kappa shape index (κ3) is 3.03. The number of carbonyl (C=O) groups excluding carboxylic acids is 1. The maximum Gasteiger partial charge on any atom is 0.225 e. The highest BCUT2D eigenvalue weighted by molar-refractivity contribution is 5.79. The summed E-state index contributed by atoms with van der Waals surface area (Å²) >= 11 is 0. The van der Waals surface area contributed by atoms with E-state index < -0.39 is 0 Å². The van der Waals surface area contributed by atoms with E-state index in [1.165, 1.54) is 0 Å². The Morgan fingerprint density at radius 1 is 1.53 bits per heavy atom. The van der Waals surface area contributed by atoms with Crippen LogP contribution in [0.4, 0.5) is 0 Å². The number of hydrogen-bond acceptors (Lipinski definition) is 5. The lowest BCUT2D eigenvalue weighted by atomic mass is 9.84. The monoisotopic (exact) mass is 238 g/mol. The molecule has 2 rings (SSSR count). The summed E-state index contributed by atoms with van der Waals surface area (Å²) in [5.41, 5.74) is 5.94. The Hall–Kier alpha value is -1.43. The van der Waals surface area contributed by atoms with Gasteiger partial charge in [-0.2, -0.15) is 4.98 Å². The minimum Gasteiger partial charge on any atom is -0.348 e. The summed E-state index contributed by atoms with van der Waals surface area (Å²) in [6, 6.07) is -0.0178. The lowest BCUT2D eigenvalue weighted by Gasteiger charge is -2.27. The van der Waals surface area contributed by atoms with Gasteiger partial charge < -0.3 is 15.6 Å². The average molecular weight is 238 g/mol. The van der Waals surface area contributed by atoms with Crippen molar-refractivity contribution < 1.29 is 9.32 Å². The van der Waals surface area contributed by atoms with Crippen LogP contribution in [-0.2, 0) is 11.3 Å². The molecule has 3 N–H and O–H groups in total. The molecular formula is C11H18N4O2. The maximum absolute atomic E-state index is 11.9. The normalized spacial score (nSPS) is 24.6. The van der Waals surface area contributed by atoms with E-state index in [4.69, 9.17) is 10.3 Å². The Balaban J connectivity index is 1.84. The van der Waals surface area contributed by atoms with Crippen LogP contribution >= 0.6 is 0 Å². The molecule has 0 aliphatic heterocycles. The first-order chi connectivity index (χ1) is 8.16. The van der Waals surface area contributed by atoms with Gasteiger partial charge in [0, 0.05) is 13.0 Å². The minimum absolute atomic E-state index is 0.000321. The first-order valence-corrected chi connectivity index (χ1v) is 5.99. The Morgan fingerprint density at radius 3 is 2.94 bits per heavy atom. The van der Waals surface area contributed by atoms with Crippen LogP contribution in [0.5, 0.6) is 0 Å². The molecule has 6 nitrogen and oxygen atoms in total. The van der Waals surface area contributed by atoms with Gasteiger partial charge in [-0.25, -0.2) is 0 Å². The molecule has 0 saturated heterocycles. The fourth-order valence-corrected chi connectivity index (χ4v) is 2.20. The predicted octanol–water partition coefficient (Wildman–Crippen LogP) is 0.512. The second-order valence-corrected chi connectivity index (χ2v) is 4.50. The molecule has 0 spiro atoms. The van der Waals surface area contributed by atoms with Gasteiger partial charge in [-0.3, -0.25) is 4.79 Å². The fourth-order valence-electron chi connectivity index (χ4n) is 2.20. The van der Waals surface area contributed by atoms with Crippen molar-refractivity contribution in [3.05, 3.63) is 11.7 Å². The van der Waals surface area contributed by atoms with Crippen molar-refractivity contribution in [1.82, 2.24) is 15.5 Å². The number of rotatable bonds is 3. The smallest absolute Gasteiger partial charge is 0.225 e. The van der Waals surface area contributed by atoms with Gasteiger partial charge in [-0.15, -0.1) is 0 Å².